The number of carbonyl (C=O) groups is 2. The molecule has 0 aliphatic heterocycles. The van der Waals surface area contributed by atoms with Gasteiger partial charge in [0.15, 0.2) is 0 Å². The van der Waals surface area contributed by atoms with Crippen molar-refractivity contribution in [2.75, 3.05) is 25.6 Å². The van der Waals surface area contributed by atoms with Crippen LogP contribution in [0.3, 0.4) is 0 Å². The van der Waals surface area contributed by atoms with Gasteiger partial charge < -0.3 is 19.9 Å². The number of benzene rings is 1. The molecule has 0 aliphatic carbocycles. The molecule has 0 aliphatic rings. The summed E-state index contributed by atoms with van der Waals surface area (Å²) in [5, 5.41) is 23.9. The summed E-state index contributed by atoms with van der Waals surface area (Å²) < 4.78 is 9.30. The molecule has 0 heterocycles. The fraction of sp³-hybridized carbons (Fsp3) is 0.467. The Morgan fingerprint density at radius 3 is 2.62 bits per heavy atom. The van der Waals surface area contributed by atoms with E-state index >= 15 is 0 Å². The van der Waals surface area contributed by atoms with Crippen LogP contribution < -0.4 is 5.32 Å². The zero-order valence-electron chi connectivity index (χ0n) is 13.7. The number of nitrogens with zero attached hydrogens (tertiary/aromatic N) is 1. The molecule has 1 aromatic rings. The Morgan fingerprint density at radius 2 is 2.08 bits per heavy atom. The molecule has 0 saturated carbocycles. The van der Waals surface area contributed by atoms with Crippen molar-refractivity contribution < 1.29 is 29.1 Å². The summed E-state index contributed by atoms with van der Waals surface area (Å²) >= 11 is 0. The summed E-state index contributed by atoms with van der Waals surface area (Å²) in [6, 6.07) is 3.81. The topological polar surface area (TPSA) is 128 Å². The van der Waals surface area contributed by atoms with Crippen molar-refractivity contribution in [3.8, 4) is 0 Å². The molecule has 0 saturated heterocycles. The highest BCUT2D eigenvalue weighted by Gasteiger charge is 2.26. The van der Waals surface area contributed by atoms with Crippen LogP contribution in [0, 0.1) is 10.1 Å². The summed E-state index contributed by atoms with van der Waals surface area (Å²) in [6.07, 6.45) is -0.218. The van der Waals surface area contributed by atoms with E-state index in [1.165, 1.54) is 19.1 Å². The maximum Gasteiger partial charge on any atom is 0.344 e. The summed E-state index contributed by atoms with van der Waals surface area (Å²) in [4.78, 5) is 33.3. The Kier molecular flexibility index (Phi) is 6.66. The number of hydrogen-bond acceptors (Lipinski definition) is 8. The highest BCUT2D eigenvalue weighted by atomic mass is 16.6. The van der Waals surface area contributed by atoms with Crippen LogP contribution in [0.4, 0.5) is 11.4 Å². The minimum absolute atomic E-state index is 0.0236. The number of ether oxygens (including phenoxy) is 2. The molecule has 0 amide bonds. The molecule has 1 atom stereocenters. The SMILES string of the molecule is CCOC(=O)C[C@](C)(O)CNc1ccc([N+](=O)[O-])c(C(=O)OC)c1. The number of nitro benzene ring substituents is 1. The van der Waals surface area contributed by atoms with Crippen molar-refractivity contribution in [2.24, 2.45) is 0 Å². The number of rotatable bonds is 8. The van der Waals surface area contributed by atoms with Gasteiger partial charge in [-0.25, -0.2) is 4.79 Å². The zero-order chi connectivity index (χ0) is 18.3. The average Bonchev–Trinajstić information content (AvgIpc) is 2.51. The van der Waals surface area contributed by atoms with Gasteiger partial charge in [0.1, 0.15) is 5.56 Å². The number of anilines is 1. The van der Waals surface area contributed by atoms with Crippen LogP contribution in [0.15, 0.2) is 18.2 Å². The highest BCUT2D eigenvalue weighted by Crippen LogP contribution is 2.24. The summed E-state index contributed by atoms with van der Waals surface area (Å²) in [6.45, 7) is 3.30. The van der Waals surface area contributed by atoms with Gasteiger partial charge >= 0.3 is 11.9 Å². The van der Waals surface area contributed by atoms with Gasteiger partial charge in [0.25, 0.3) is 5.69 Å². The number of esters is 2. The van der Waals surface area contributed by atoms with Crippen molar-refractivity contribution in [2.45, 2.75) is 25.9 Å². The molecule has 0 aromatic heterocycles. The molecular weight excluding hydrogens is 320 g/mol. The van der Waals surface area contributed by atoms with Gasteiger partial charge in [0, 0.05) is 18.3 Å². The minimum atomic E-state index is -1.39. The van der Waals surface area contributed by atoms with E-state index in [1.807, 2.05) is 0 Å². The Labute approximate surface area is 138 Å². The fourth-order valence-electron chi connectivity index (χ4n) is 1.96. The molecule has 24 heavy (non-hydrogen) atoms. The number of nitro groups is 1. The smallest absolute Gasteiger partial charge is 0.344 e. The Bertz CT molecular complexity index is 628. The van der Waals surface area contributed by atoms with Crippen molar-refractivity contribution in [3.05, 3.63) is 33.9 Å². The molecule has 0 unspecified atom stereocenters. The molecule has 0 spiro atoms. The van der Waals surface area contributed by atoms with E-state index in [1.54, 1.807) is 6.92 Å². The van der Waals surface area contributed by atoms with E-state index in [9.17, 15) is 24.8 Å². The van der Waals surface area contributed by atoms with Crippen LogP contribution in [0.2, 0.25) is 0 Å². The quantitative estimate of drug-likeness (QED) is 0.414. The summed E-state index contributed by atoms with van der Waals surface area (Å²) in [5.74, 6) is -1.38. The van der Waals surface area contributed by atoms with E-state index < -0.39 is 22.5 Å². The van der Waals surface area contributed by atoms with Gasteiger partial charge in [-0.15, -0.1) is 0 Å². The number of nitrogens with one attached hydrogen (secondary N) is 1. The van der Waals surface area contributed by atoms with Gasteiger partial charge in [-0.2, -0.15) is 0 Å². The first-order chi connectivity index (χ1) is 11.2. The van der Waals surface area contributed by atoms with Crippen molar-refractivity contribution >= 4 is 23.3 Å². The first-order valence-electron chi connectivity index (χ1n) is 7.19. The minimum Gasteiger partial charge on any atom is -0.466 e. The Balaban J connectivity index is 2.86. The van der Waals surface area contributed by atoms with Crippen LogP contribution >= 0.6 is 0 Å². The Hall–Kier alpha value is -2.68. The highest BCUT2D eigenvalue weighted by molar-refractivity contribution is 5.95. The molecule has 132 valence electrons. The van der Waals surface area contributed by atoms with Gasteiger partial charge in [0.2, 0.25) is 0 Å². The van der Waals surface area contributed by atoms with Crippen LogP contribution in [-0.4, -0.2) is 47.8 Å². The Morgan fingerprint density at radius 1 is 1.42 bits per heavy atom. The predicted molar refractivity (Wildman–Crippen MR) is 84.8 cm³/mol. The molecule has 1 aromatic carbocycles. The fourth-order valence-corrected chi connectivity index (χ4v) is 1.96. The second-order valence-electron chi connectivity index (χ2n) is 5.31. The molecule has 0 radical (unpaired) electrons. The van der Waals surface area contributed by atoms with Crippen LogP contribution in [-0.2, 0) is 14.3 Å². The zero-order valence-corrected chi connectivity index (χ0v) is 13.7. The molecule has 9 nitrogen and oxygen atoms in total. The third kappa shape index (κ3) is 5.51. The van der Waals surface area contributed by atoms with E-state index in [2.05, 4.69) is 10.1 Å². The third-order valence-corrected chi connectivity index (χ3v) is 3.10. The maximum absolute atomic E-state index is 11.6. The van der Waals surface area contributed by atoms with E-state index in [-0.39, 0.29) is 30.8 Å². The molecular formula is C15H20N2O7. The first kappa shape index (κ1) is 19.4. The van der Waals surface area contributed by atoms with E-state index in [0.717, 1.165) is 13.2 Å². The van der Waals surface area contributed by atoms with Crippen molar-refractivity contribution in [3.63, 3.8) is 0 Å². The molecule has 0 bridgehead atoms. The predicted octanol–water partition coefficient (Wildman–Crippen LogP) is 1.50. The molecule has 9 heteroatoms. The van der Waals surface area contributed by atoms with Crippen molar-refractivity contribution in [1.82, 2.24) is 0 Å². The largest absolute Gasteiger partial charge is 0.466 e. The second kappa shape index (κ2) is 8.25. The first-order valence-corrected chi connectivity index (χ1v) is 7.19. The van der Waals surface area contributed by atoms with Gasteiger partial charge in [0.05, 0.1) is 30.7 Å². The average molecular weight is 340 g/mol. The molecule has 0 fully saturated rings. The van der Waals surface area contributed by atoms with Crippen molar-refractivity contribution in [1.29, 1.82) is 0 Å². The van der Waals surface area contributed by atoms with E-state index in [0.29, 0.717) is 5.69 Å². The standard InChI is InChI=1S/C15H20N2O7/c1-4-24-13(18)8-15(2,20)9-16-10-5-6-12(17(21)22)11(7-10)14(19)23-3/h5-7,16,20H,4,8-9H2,1-3H3/t15-/m0/s1. The molecule has 2 N–H and O–H groups in total. The lowest BCUT2D eigenvalue weighted by Crippen LogP contribution is -2.36. The summed E-state index contributed by atoms with van der Waals surface area (Å²) in [5.41, 5.74) is -1.62. The lowest BCUT2D eigenvalue weighted by Gasteiger charge is -2.23. The normalized spacial score (nSPS) is 12.8. The lowest BCUT2D eigenvalue weighted by molar-refractivity contribution is -0.385. The van der Waals surface area contributed by atoms with Crippen LogP contribution in [0.1, 0.15) is 30.6 Å². The molecule has 1 rings (SSSR count). The van der Waals surface area contributed by atoms with Crippen LogP contribution in [0.5, 0.6) is 0 Å². The van der Waals surface area contributed by atoms with Gasteiger partial charge in [-0.3, -0.25) is 14.9 Å². The van der Waals surface area contributed by atoms with E-state index in [4.69, 9.17) is 4.74 Å². The third-order valence-electron chi connectivity index (χ3n) is 3.10. The number of hydrogen-bond donors (Lipinski definition) is 2. The number of carbonyl (C=O) groups excluding carboxylic acids is 2. The number of aliphatic hydroxyl groups is 1. The monoisotopic (exact) mass is 340 g/mol. The second-order valence-corrected chi connectivity index (χ2v) is 5.31. The van der Waals surface area contributed by atoms with Gasteiger partial charge in [-0.1, -0.05) is 0 Å². The van der Waals surface area contributed by atoms with Gasteiger partial charge in [-0.05, 0) is 26.0 Å². The van der Waals surface area contributed by atoms with Crippen LogP contribution in [0.25, 0.3) is 0 Å². The number of methoxy groups -OCH3 is 1. The maximum atomic E-state index is 11.6. The lowest BCUT2D eigenvalue weighted by atomic mass is 10.0. The summed E-state index contributed by atoms with van der Waals surface area (Å²) in [7, 11) is 1.12.